The maximum atomic E-state index is 13.7. The van der Waals surface area contributed by atoms with Crippen molar-refractivity contribution in [2.24, 2.45) is 0 Å². The summed E-state index contributed by atoms with van der Waals surface area (Å²) in [5, 5.41) is 8.70. The first-order chi connectivity index (χ1) is 8.82. The third kappa shape index (κ3) is 4.17. The molecule has 19 heavy (non-hydrogen) atoms. The highest BCUT2D eigenvalue weighted by atomic mass is 19.1. The van der Waals surface area contributed by atoms with Crippen LogP contribution in [0.25, 0.3) is 0 Å². The number of benzene rings is 1. The smallest absolute Gasteiger partial charge is 0.335 e. The van der Waals surface area contributed by atoms with Gasteiger partial charge in [0.1, 0.15) is 17.3 Å². The number of carboxylic acids is 1. The summed E-state index contributed by atoms with van der Waals surface area (Å²) in [6.07, 6.45) is 0.0393. The highest BCUT2D eigenvalue weighted by molar-refractivity contribution is 5.88. The Kier molecular flexibility index (Phi) is 5.23. The molecule has 0 aliphatic rings. The van der Waals surface area contributed by atoms with Gasteiger partial charge in [-0.15, -0.1) is 0 Å². The van der Waals surface area contributed by atoms with Crippen molar-refractivity contribution in [1.82, 2.24) is 0 Å². The third-order valence-corrected chi connectivity index (χ3v) is 2.52. The number of halogens is 2. The van der Waals surface area contributed by atoms with Crippen LogP contribution in [0.3, 0.4) is 0 Å². The zero-order chi connectivity index (χ0) is 14.6. The Hall–Kier alpha value is -1.69. The van der Waals surface area contributed by atoms with Crippen LogP contribution in [0.4, 0.5) is 14.5 Å². The Morgan fingerprint density at radius 1 is 1.37 bits per heavy atom. The molecule has 0 unspecified atom stereocenters. The monoisotopic (exact) mass is 273 g/mol. The standard InChI is InChI=1S/C13H17F2NO3/c1-8(2)19-5-4-16(3)12-10(14)6-9(13(17)18)7-11(12)15/h6-8H,4-5H2,1-3H3,(H,17,18). The fourth-order valence-corrected chi connectivity index (χ4v) is 1.59. The Balaban J connectivity index is 2.85. The molecule has 0 aliphatic carbocycles. The minimum atomic E-state index is -1.37. The molecule has 1 aromatic rings. The Morgan fingerprint density at radius 2 is 1.89 bits per heavy atom. The minimum absolute atomic E-state index is 0.0393. The largest absolute Gasteiger partial charge is 0.478 e. The first kappa shape index (κ1) is 15.4. The molecule has 0 saturated carbocycles. The van der Waals surface area contributed by atoms with Gasteiger partial charge in [-0.1, -0.05) is 0 Å². The van der Waals surface area contributed by atoms with Gasteiger partial charge >= 0.3 is 5.97 Å². The van der Waals surface area contributed by atoms with Crippen LogP contribution in [0.1, 0.15) is 24.2 Å². The molecule has 1 N–H and O–H groups in total. The van der Waals surface area contributed by atoms with Gasteiger partial charge in [0.25, 0.3) is 0 Å². The summed E-state index contributed by atoms with van der Waals surface area (Å²) in [6.45, 7) is 4.36. The number of nitrogens with zero attached hydrogens (tertiary/aromatic N) is 1. The van der Waals surface area contributed by atoms with Crippen LogP contribution in [-0.2, 0) is 4.74 Å². The van der Waals surface area contributed by atoms with E-state index >= 15 is 0 Å². The van der Waals surface area contributed by atoms with Crippen LogP contribution in [0.2, 0.25) is 0 Å². The molecular formula is C13H17F2NO3. The van der Waals surface area contributed by atoms with Gasteiger partial charge in [-0.25, -0.2) is 13.6 Å². The molecule has 4 nitrogen and oxygen atoms in total. The topological polar surface area (TPSA) is 49.8 Å². The first-order valence-corrected chi connectivity index (χ1v) is 5.88. The first-order valence-electron chi connectivity index (χ1n) is 5.88. The van der Waals surface area contributed by atoms with Gasteiger partial charge in [0.15, 0.2) is 0 Å². The predicted molar refractivity (Wildman–Crippen MR) is 67.7 cm³/mol. The lowest BCUT2D eigenvalue weighted by molar-refractivity contribution is 0.0695. The highest BCUT2D eigenvalue weighted by Gasteiger charge is 2.17. The van der Waals surface area contributed by atoms with E-state index in [1.165, 1.54) is 11.9 Å². The Labute approximate surface area is 110 Å². The van der Waals surface area contributed by atoms with Gasteiger partial charge < -0.3 is 14.7 Å². The number of ether oxygens (including phenoxy) is 1. The molecule has 0 bridgehead atoms. The number of rotatable bonds is 6. The van der Waals surface area contributed by atoms with E-state index in [0.29, 0.717) is 13.2 Å². The van der Waals surface area contributed by atoms with Crippen molar-refractivity contribution in [1.29, 1.82) is 0 Å². The minimum Gasteiger partial charge on any atom is -0.478 e. The van der Waals surface area contributed by atoms with E-state index in [9.17, 15) is 13.6 Å². The van der Waals surface area contributed by atoms with Crippen molar-refractivity contribution in [3.05, 3.63) is 29.3 Å². The van der Waals surface area contributed by atoms with E-state index in [-0.39, 0.29) is 11.8 Å². The van der Waals surface area contributed by atoms with Crippen molar-refractivity contribution < 1.29 is 23.4 Å². The number of carboxylic acid groups (broad SMARTS) is 1. The van der Waals surface area contributed by atoms with Crippen LogP contribution in [-0.4, -0.2) is 37.4 Å². The molecule has 106 valence electrons. The molecule has 0 fully saturated rings. The van der Waals surface area contributed by atoms with Crippen LogP contribution in [0, 0.1) is 11.6 Å². The van der Waals surface area contributed by atoms with Gasteiger partial charge in [0.05, 0.1) is 18.3 Å². The second-order valence-electron chi connectivity index (χ2n) is 4.43. The average molecular weight is 273 g/mol. The second kappa shape index (κ2) is 6.47. The lowest BCUT2D eigenvalue weighted by Gasteiger charge is -2.21. The Morgan fingerprint density at radius 3 is 2.32 bits per heavy atom. The molecular weight excluding hydrogens is 256 g/mol. The van der Waals surface area contributed by atoms with Gasteiger partial charge in [-0.05, 0) is 26.0 Å². The van der Waals surface area contributed by atoms with Crippen molar-refractivity contribution in [2.45, 2.75) is 20.0 Å². The molecule has 0 aromatic heterocycles. The van der Waals surface area contributed by atoms with Crippen molar-refractivity contribution in [3.63, 3.8) is 0 Å². The Bertz CT molecular complexity index is 440. The van der Waals surface area contributed by atoms with Gasteiger partial charge in [-0.3, -0.25) is 0 Å². The van der Waals surface area contributed by atoms with Gasteiger partial charge in [-0.2, -0.15) is 0 Å². The summed E-state index contributed by atoms with van der Waals surface area (Å²) in [5.74, 6) is -3.16. The molecule has 0 spiro atoms. The summed E-state index contributed by atoms with van der Waals surface area (Å²) in [5.41, 5.74) is -0.664. The van der Waals surface area contributed by atoms with E-state index in [4.69, 9.17) is 9.84 Å². The summed E-state index contributed by atoms with van der Waals surface area (Å²) in [7, 11) is 1.52. The third-order valence-electron chi connectivity index (χ3n) is 2.52. The van der Waals surface area contributed by atoms with Crippen LogP contribution in [0.15, 0.2) is 12.1 Å². The molecule has 0 aliphatic heterocycles. The lowest BCUT2D eigenvalue weighted by Crippen LogP contribution is -2.26. The summed E-state index contributed by atoms with van der Waals surface area (Å²) < 4.78 is 32.7. The molecule has 1 aromatic carbocycles. The number of aromatic carboxylic acids is 1. The van der Waals surface area contributed by atoms with Crippen LogP contribution < -0.4 is 4.90 Å². The second-order valence-corrected chi connectivity index (χ2v) is 4.43. The zero-order valence-corrected chi connectivity index (χ0v) is 11.1. The summed E-state index contributed by atoms with van der Waals surface area (Å²) in [4.78, 5) is 12.0. The number of anilines is 1. The maximum Gasteiger partial charge on any atom is 0.335 e. The molecule has 0 heterocycles. The number of hydrogen-bond donors (Lipinski definition) is 1. The molecule has 0 atom stereocenters. The molecule has 0 saturated heterocycles. The number of likely N-dealkylation sites (N-methyl/N-ethyl adjacent to an activating group) is 1. The van der Waals surface area contributed by atoms with Crippen LogP contribution in [0.5, 0.6) is 0 Å². The lowest BCUT2D eigenvalue weighted by atomic mass is 10.1. The fourth-order valence-electron chi connectivity index (χ4n) is 1.59. The summed E-state index contributed by atoms with van der Waals surface area (Å²) >= 11 is 0. The fraction of sp³-hybridized carbons (Fsp3) is 0.462. The van der Waals surface area contributed by atoms with E-state index in [1.54, 1.807) is 0 Å². The summed E-state index contributed by atoms with van der Waals surface area (Å²) in [6, 6.07) is 1.61. The molecule has 0 radical (unpaired) electrons. The average Bonchev–Trinajstić information content (AvgIpc) is 2.27. The zero-order valence-electron chi connectivity index (χ0n) is 11.1. The van der Waals surface area contributed by atoms with Crippen molar-refractivity contribution >= 4 is 11.7 Å². The molecule has 0 amide bonds. The maximum absolute atomic E-state index is 13.7. The van der Waals surface area contributed by atoms with Gasteiger partial charge in [0, 0.05) is 13.6 Å². The van der Waals surface area contributed by atoms with E-state index < -0.39 is 23.2 Å². The SMILES string of the molecule is CC(C)OCCN(C)c1c(F)cc(C(=O)O)cc1F. The predicted octanol–water partition coefficient (Wildman–Crippen LogP) is 2.52. The van der Waals surface area contributed by atoms with Crippen molar-refractivity contribution in [2.75, 3.05) is 25.1 Å². The van der Waals surface area contributed by atoms with E-state index in [0.717, 1.165) is 12.1 Å². The quantitative estimate of drug-likeness (QED) is 0.865. The normalized spacial score (nSPS) is 10.8. The number of carbonyl (C=O) groups is 1. The number of hydrogen-bond acceptors (Lipinski definition) is 3. The van der Waals surface area contributed by atoms with Gasteiger partial charge in [0.2, 0.25) is 0 Å². The van der Waals surface area contributed by atoms with E-state index in [2.05, 4.69) is 0 Å². The van der Waals surface area contributed by atoms with Crippen LogP contribution >= 0.6 is 0 Å². The molecule has 1 rings (SSSR count). The highest BCUT2D eigenvalue weighted by Crippen LogP contribution is 2.24. The van der Waals surface area contributed by atoms with Crippen molar-refractivity contribution in [3.8, 4) is 0 Å². The molecule has 6 heteroatoms. The van der Waals surface area contributed by atoms with E-state index in [1.807, 2.05) is 13.8 Å².